The largest absolute Gasteiger partial charge is 0.381 e. The minimum atomic E-state index is -0.0861. The number of hydrogen-bond donors (Lipinski definition) is 1. The SMILES string of the molecule is Fc1ccccc1C1CC(Nc2ccc(Cl)cc2I)C1. The van der Waals surface area contributed by atoms with Gasteiger partial charge in [0.25, 0.3) is 0 Å². The molecule has 0 aliphatic heterocycles. The smallest absolute Gasteiger partial charge is 0.126 e. The van der Waals surface area contributed by atoms with Crippen molar-refractivity contribution < 1.29 is 4.39 Å². The van der Waals surface area contributed by atoms with Crippen molar-refractivity contribution in [3.63, 3.8) is 0 Å². The molecule has 1 fully saturated rings. The Morgan fingerprint density at radius 2 is 1.90 bits per heavy atom. The fourth-order valence-electron chi connectivity index (χ4n) is 2.62. The van der Waals surface area contributed by atoms with Crippen molar-refractivity contribution >= 4 is 39.9 Å². The molecule has 1 N–H and O–H groups in total. The van der Waals surface area contributed by atoms with Crippen molar-refractivity contribution in [2.75, 3.05) is 5.32 Å². The van der Waals surface area contributed by atoms with E-state index in [2.05, 4.69) is 27.9 Å². The zero-order chi connectivity index (χ0) is 14.1. The second kappa shape index (κ2) is 5.90. The van der Waals surface area contributed by atoms with Crippen LogP contribution in [0.2, 0.25) is 5.02 Å². The summed E-state index contributed by atoms with van der Waals surface area (Å²) in [6.45, 7) is 0. The molecular formula is C16H14ClFIN. The van der Waals surface area contributed by atoms with Crippen molar-refractivity contribution in [2.24, 2.45) is 0 Å². The quantitative estimate of drug-likeness (QED) is 0.675. The second-order valence-corrected chi connectivity index (χ2v) is 6.75. The summed E-state index contributed by atoms with van der Waals surface area (Å²) in [7, 11) is 0. The Bertz CT molecular complexity index is 626. The first-order valence-corrected chi connectivity index (χ1v) is 8.05. The molecule has 0 saturated heterocycles. The van der Waals surface area contributed by atoms with Gasteiger partial charge in [-0.2, -0.15) is 0 Å². The van der Waals surface area contributed by atoms with Crippen molar-refractivity contribution in [3.8, 4) is 0 Å². The van der Waals surface area contributed by atoms with Crippen molar-refractivity contribution in [1.82, 2.24) is 0 Å². The molecule has 3 rings (SSSR count). The van der Waals surface area contributed by atoms with Gasteiger partial charge in [0.15, 0.2) is 0 Å². The predicted octanol–water partition coefficient (Wildman–Crippen LogP) is 5.44. The van der Waals surface area contributed by atoms with Crippen molar-refractivity contribution in [3.05, 3.63) is 62.4 Å². The van der Waals surface area contributed by atoms with Gasteiger partial charge in [0.2, 0.25) is 0 Å². The molecule has 0 atom stereocenters. The molecule has 1 aliphatic carbocycles. The summed E-state index contributed by atoms with van der Waals surface area (Å²) in [6.07, 6.45) is 1.94. The van der Waals surface area contributed by atoms with Crippen LogP contribution in [0.4, 0.5) is 10.1 Å². The first-order chi connectivity index (χ1) is 9.63. The molecule has 2 aromatic carbocycles. The Kier molecular flexibility index (Phi) is 4.17. The Balaban J connectivity index is 1.62. The van der Waals surface area contributed by atoms with Gasteiger partial charge in [-0.05, 0) is 71.2 Å². The monoisotopic (exact) mass is 401 g/mol. The zero-order valence-electron chi connectivity index (χ0n) is 10.7. The average molecular weight is 402 g/mol. The Morgan fingerprint density at radius 3 is 2.60 bits per heavy atom. The lowest BCUT2D eigenvalue weighted by molar-refractivity contribution is 0.363. The summed E-state index contributed by atoms with van der Waals surface area (Å²) >= 11 is 8.22. The van der Waals surface area contributed by atoms with Gasteiger partial charge in [-0.25, -0.2) is 4.39 Å². The third-order valence-electron chi connectivity index (χ3n) is 3.77. The lowest BCUT2D eigenvalue weighted by Gasteiger charge is -2.37. The molecule has 0 heterocycles. The summed E-state index contributed by atoms with van der Waals surface area (Å²) in [4.78, 5) is 0. The third-order valence-corrected chi connectivity index (χ3v) is 4.90. The highest BCUT2D eigenvalue weighted by Gasteiger charge is 2.31. The molecule has 0 aromatic heterocycles. The number of hydrogen-bond acceptors (Lipinski definition) is 1. The third kappa shape index (κ3) is 2.93. The number of nitrogens with one attached hydrogen (secondary N) is 1. The molecule has 0 radical (unpaired) electrons. The lowest BCUT2D eigenvalue weighted by Crippen LogP contribution is -2.34. The maximum atomic E-state index is 13.7. The number of halogens is 3. The fraction of sp³-hybridized carbons (Fsp3) is 0.250. The number of benzene rings is 2. The molecule has 0 amide bonds. The van der Waals surface area contributed by atoms with Crippen LogP contribution in [0.1, 0.15) is 24.3 Å². The zero-order valence-corrected chi connectivity index (χ0v) is 13.7. The van der Waals surface area contributed by atoms with Crippen LogP contribution in [-0.2, 0) is 0 Å². The summed E-state index contributed by atoms with van der Waals surface area (Å²) in [5.74, 6) is 0.246. The molecule has 1 aliphatic rings. The Hall–Kier alpha value is -0.810. The first-order valence-electron chi connectivity index (χ1n) is 6.59. The highest BCUT2D eigenvalue weighted by molar-refractivity contribution is 14.1. The molecule has 1 saturated carbocycles. The van der Waals surface area contributed by atoms with E-state index >= 15 is 0 Å². The lowest BCUT2D eigenvalue weighted by atomic mass is 9.75. The van der Waals surface area contributed by atoms with E-state index in [-0.39, 0.29) is 5.82 Å². The van der Waals surface area contributed by atoms with E-state index in [0.717, 1.165) is 32.7 Å². The minimum absolute atomic E-state index is 0.0861. The fourth-order valence-corrected chi connectivity index (χ4v) is 3.65. The van der Waals surface area contributed by atoms with Crippen LogP contribution in [0.5, 0.6) is 0 Å². The van der Waals surface area contributed by atoms with Crippen LogP contribution in [-0.4, -0.2) is 6.04 Å². The van der Waals surface area contributed by atoms with Crippen molar-refractivity contribution in [1.29, 1.82) is 0 Å². The van der Waals surface area contributed by atoms with Gasteiger partial charge >= 0.3 is 0 Å². The van der Waals surface area contributed by atoms with Gasteiger partial charge in [-0.3, -0.25) is 0 Å². The normalized spacial score (nSPS) is 21.4. The second-order valence-electron chi connectivity index (χ2n) is 5.16. The van der Waals surface area contributed by atoms with Crippen LogP contribution in [0.3, 0.4) is 0 Å². The van der Waals surface area contributed by atoms with Gasteiger partial charge in [0, 0.05) is 20.3 Å². The van der Waals surface area contributed by atoms with Crippen molar-refractivity contribution in [2.45, 2.75) is 24.8 Å². The summed E-state index contributed by atoms with van der Waals surface area (Å²) in [6, 6.07) is 13.3. The number of anilines is 1. The summed E-state index contributed by atoms with van der Waals surface area (Å²) < 4.78 is 14.8. The maximum Gasteiger partial charge on any atom is 0.126 e. The first kappa shape index (κ1) is 14.1. The molecule has 0 bridgehead atoms. The van der Waals surface area contributed by atoms with Crippen LogP contribution in [0, 0.1) is 9.39 Å². The molecule has 1 nitrogen and oxygen atoms in total. The van der Waals surface area contributed by atoms with Crippen LogP contribution in [0.25, 0.3) is 0 Å². The van der Waals surface area contributed by atoms with E-state index in [9.17, 15) is 4.39 Å². The molecule has 0 unspecified atom stereocenters. The summed E-state index contributed by atoms with van der Waals surface area (Å²) in [5.41, 5.74) is 1.95. The van der Waals surface area contributed by atoms with Gasteiger partial charge in [-0.15, -0.1) is 0 Å². The Labute approximate surface area is 136 Å². The molecule has 4 heteroatoms. The average Bonchev–Trinajstić information content (AvgIpc) is 2.37. The highest BCUT2D eigenvalue weighted by atomic mass is 127. The topological polar surface area (TPSA) is 12.0 Å². The minimum Gasteiger partial charge on any atom is -0.381 e. The van der Waals surface area contributed by atoms with E-state index in [1.165, 1.54) is 6.07 Å². The molecule has 20 heavy (non-hydrogen) atoms. The van der Waals surface area contributed by atoms with E-state index in [1.807, 2.05) is 30.3 Å². The van der Waals surface area contributed by atoms with Crippen LogP contribution in [0.15, 0.2) is 42.5 Å². The molecular weight excluding hydrogens is 388 g/mol. The molecule has 0 spiro atoms. The van der Waals surface area contributed by atoms with E-state index in [0.29, 0.717) is 12.0 Å². The van der Waals surface area contributed by atoms with E-state index in [4.69, 9.17) is 11.6 Å². The highest BCUT2D eigenvalue weighted by Crippen LogP contribution is 2.40. The van der Waals surface area contributed by atoms with Crippen LogP contribution < -0.4 is 5.32 Å². The maximum absolute atomic E-state index is 13.7. The van der Waals surface area contributed by atoms with Gasteiger partial charge in [-0.1, -0.05) is 29.8 Å². The predicted molar refractivity (Wildman–Crippen MR) is 90.0 cm³/mol. The standard InChI is InChI=1S/C16H14ClFIN/c17-11-5-6-16(15(19)9-11)20-12-7-10(8-12)13-3-1-2-4-14(13)18/h1-6,9-10,12,20H,7-8H2. The summed E-state index contributed by atoms with van der Waals surface area (Å²) in [5, 5.41) is 4.25. The van der Waals surface area contributed by atoms with Crippen LogP contribution >= 0.6 is 34.2 Å². The van der Waals surface area contributed by atoms with Gasteiger partial charge in [0.1, 0.15) is 5.82 Å². The Morgan fingerprint density at radius 1 is 1.15 bits per heavy atom. The molecule has 104 valence electrons. The number of rotatable bonds is 3. The molecule has 2 aromatic rings. The van der Waals surface area contributed by atoms with E-state index in [1.54, 1.807) is 6.07 Å². The van der Waals surface area contributed by atoms with Gasteiger partial charge < -0.3 is 5.32 Å². The van der Waals surface area contributed by atoms with Gasteiger partial charge in [0.05, 0.1) is 0 Å². The van der Waals surface area contributed by atoms with E-state index < -0.39 is 0 Å².